The Morgan fingerprint density at radius 2 is 2.33 bits per heavy atom. The van der Waals surface area contributed by atoms with Crippen molar-refractivity contribution in [3.05, 3.63) is 22.7 Å². The van der Waals surface area contributed by atoms with Crippen LogP contribution in [0.4, 0.5) is 0 Å². The van der Waals surface area contributed by atoms with E-state index in [1.807, 2.05) is 0 Å². The maximum Gasteiger partial charge on any atom is 0.167 e. The van der Waals surface area contributed by atoms with Gasteiger partial charge in [-0.15, -0.1) is 0 Å². The molecule has 64 valence electrons. The molecule has 0 fully saturated rings. The minimum Gasteiger partial charge on any atom is -0.504 e. The van der Waals surface area contributed by atoms with Crippen LogP contribution in [0.3, 0.4) is 0 Å². The lowest BCUT2D eigenvalue weighted by atomic mass is 10.1. The Hall–Kier alpha value is -0.930. The van der Waals surface area contributed by atoms with E-state index in [9.17, 15) is 5.11 Å². The maximum atomic E-state index is 9.33. The minimum absolute atomic E-state index is 0.0994. The van der Waals surface area contributed by atoms with E-state index in [2.05, 4.69) is 0 Å². The van der Waals surface area contributed by atoms with Gasteiger partial charge in [-0.25, -0.2) is 0 Å². The zero-order valence-electron chi connectivity index (χ0n) is 6.25. The van der Waals surface area contributed by atoms with Gasteiger partial charge in [0, 0.05) is 10.6 Å². The molecule has 0 saturated carbocycles. The molecule has 12 heavy (non-hydrogen) atoms. The summed E-state index contributed by atoms with van der Waals surface area (Å²) in [5.74, 6) is 0.525. The summed E-state index contributed by atoms with van der Waals surface area (Å²) in [6.07, 6.45) is 0. The zero-order chi connectivity index (χ0) is 8.72. The van der Waals surface area contributed by atoms with Gasteiger partial charge in [-0.3, -0.25) is 0 Å². The highest BCUT2D eigenvalue weighted by atomic mass is 35.5. The van der Waals surface area contributed by atoms with Crippen molar-refractivity contribution in [1.82, 2.24) is 0 Å². The smallest absolute Gasteiger partial charge is 0.167 e. The molecule has 3 N–H and O–H groups in total. The highest BCUT2D eigenvalue weighted by molar-refractivity contribution is 6.31. The number of aromatic hydroxyl groups is 1. The number of fused-ring (bicyclic) bond motifs is 1. The molecule has 0 unspecified atom stereocenters. The molecule has 0 bridgehead atoms. The molecule has 1 aromatic rings. The summed E-state index contributed by atoms with van der Waals surface area (Å²) >= 11 is 5.87. The van der Waals surface area contributed by atoms with E-state index in [0.29, 0.717) is 22.9 Å². The van der Waals surface area contributed by atoms with Crippen LogP contribution in [-0.2, 0) is 0 Å². The number of hydrogen-bond donors (Lipinski definition) is 2. The predicted molar refractivity (Wildman–Crippen MR) is 45.5 cm³/mol. The Bertz CT molecular complexity index is 327. The van der Waals surface area contributed by atoms with Crippen molar-refractivity contribution in [1.29, 1.82) is 0 Å². The first-order valence-corrected chi connectivity index (χ1v) is 3.97. The highest BCUT2D eigenvalue weighted by Crippen LogP contribution is 2.42. The van der Waals surface area contributed by atoms with Crippen molar-refractivity contribution >= 4 is 11.6 Å². The summed E-state index contributed by atoms with van der Waals surface area (Å²) in [6.45, 7) is 0.382. The van der Waals surface area contributed by atoms with E-state index in [-0.39, 0.29) is 11.8 Å². The molecule has 3 nitrogen and oxygen atoms in total. The number of rotatable bonds is 0. The SMILES string of the molecule is N[C@@H]1COc2c(O)ccc(Cl)c21. The van der Waals surface area contributed by atoms with Crippen molar-refractivity contribution in [2.75, 3.05) is 6.61 Å². The molecule has 0 amide bonds. The van der Waals surface area contributed by atoms with Crippen LogP contribution in [0.25, 0.3) is 0 Å². The standard InChI is InChI=1S/C8H8ClNO2/c9-4-1-2-6(11)8-7(4)5(10)3-12-8/h1-2,5,11H,3,10H2/t5-/m1/s1. The molecule has 1 aliphatic heterocycles. The summed E-state index contributed by atoms with van der Waals surface area (Å²) in [5, 5.41) is 9.88. The van der Waals surface area contributed by atoms with Crippen molar-refractivity contribution in [3.8, 4) is 11.5 Å². The quantitative estimate of drug-likeness (QED) is 0.643. The molecule has 2 rings (SSSR count). The molecule has 1 heterocycles. The van der Waals surface area contributed by atoms with Crippen molar-refractivity contribution in [3.63, 3.8) is 0 Å². The summed E-state index contributed by atoms with van der Waals surface area (Å²) in [4.78, 5) is 0. The molecule has 1 aliphatic rings. The largest absolute Gasteiger partial charge is 0.504 e. The van der Waals surface area contributed by atoms with Crippen LogP contribution in [0.1, 0.15) is 11.6 Å². The number of benzene rings is 1. The summed E-state index contributed by atoms with van der Waals surface area (Å²) < 4.78 is 5.16. The molecule has 1 atom stereocenters. The Morgan fingerprint density at radius 1 is 1.58 bits per heavy atom. The van der Waals surface area contributed by atoms with Crippen LogP contribution in [0, 0.1) is 0 Å². The van der Waals surface area contributed by atoms with E-state index in [0.717, 1.165) is 0 Å². The van der Waals surface area contributed by atoms with E-state index in [1.165, 1.54) is 6.07 Å². The maximum absolute atomic E-state index is 9.33. The summed E-state index contributed by atoms with van der Waals surface area (Å²) in [6, 6.07) is 2.89. The zero-order valence-corrected chi connectivity index (χ0v) is 7.01. The fourth-order valence-corrected chi connectivity index (χ4v) is 1.61. The molecule has 0 aromatic heterocycles. The minimum atomic E-state index is -0.223. The van der Waals surface area contributed by atoms with E-state index in [4.69, 9.17) is 22.1 Å². The van der Waals surface area contributed by atoms with E-state index in [1.54, 1.807) is 6.07 Å². The number of phenols is 1. The molecular weight excluding hydrogens is 178 g/mol. The Labute approximate surface area is 74.7 Å². The first-order chi connectivity index (χ1) is 5.70. The predicted octanol–water partition coefficient (Wildman–Crippen LogP) is 1.44. The number of nitrogens with two attached hydrogens (primary N) is 1. The van der Waals surface area contributed by atoms with Gasteiger partial charge in [-0.1, -0.05) is 11.6 Å². The lowest BCUT2D eigenvalue weighted by molar-refractivity contribution is 0.317. The van der Waals surface area contributed by atoms with Crippen LogP contribution in [0.15, 0.2) is 12.1 Å². The van der Waals surface area contributed by atoms with Crippen LogP contribution < -0.4 is 10.5 Å². The monoisotopic (exact) mass is 185 g/mol. The van der Waals surface area contributed by atoms with E-state index >= 15 is 0 Å². The third kappa shape index (κ3) is 0.940. The van der Waals surface area contributed by atoms with Crippen LogP contribution >= 0.6 is 11.6 Å². The second-order valence-electron chi connectivity index (χ2n) is 2.73. The van der Waals surface area contributed by atoms with Crippen LogP contribution in [0.2, 0.25) is 5.02 Å². The van der Waals surface area contributed by atoms with Gasteiger partial charge in [-0.05, 0) is 12.1 Å². The molecule has 0 radical (unpaired) electrons. The summed E-state index contributed by atoms with van der Waals surface area (Å²) in [5.41, 5.74) is 6.40. The van der Waals surface area contributed by atoms with Gasteiger partial charge < -0.3 is 15.6 Å². The second-order valence-corrected chi connectivity index (χ2v) is 3.13. The van der Waals surface area contributed by atoms with Gasteiger partial charge in [0.2, 0.25) is 0 Å². The van der Waals surface area contributed by atoms with Gasteiger partial charge in [0.05, 0.1) is 6.04 Å². The summed E-state index contributed by atoms with van der Waals surface area (Å²) in [7, 11) is 0. The first kappa shape index (κ1) is 7.71. The van der Waals surface area contributed by atoms with Gasteiger partial charge >= 0.3 is 0 Å². The number of halogens is 1. The second kappa shape index (κ2) is 2.54. The third-order valence-corrected chi connectivity index (χ3v) is 2.23. The lowest BCUT2D eigenvalue weighted by Crippen LogP contribution is -2.11. The fourth-order valence-electron chi connectivity index (χ4n) is 1.32. The normalized spacial score (nSPS) is 20.3. The molecular formula is C8H8ClNO2. The number of phenolic OH excluding ortho intramolecular Hbond substituents is 1. The molecule has 0 aliphatic carbocycles. The Morgan fingerprint density at radius 3 is 3.00 bits per heavy atom. The number of ether oxygens (including phenoxy) is 1. The topological polar surface area (TPSA) is 55.5 Å². The van der Waals surface area contributed by atoms with Crippen LogP contribution in [-0.4, -0.2) is 11.7 Å². The first-order valence-electron chi connectivity index (χ1n) is 3.60. The average molecular weight is 186 g/mol. The average Bonchev–Trinajstić information content (AvgIpc) is 2.42. The lowest BCUT2D eigenvalue weighted by Gasteiger charge is -2.04. The van der Waals surface area contributed by atoms with Crippen LogP contribution in [0.5, 0.6) is 11.5 Å². The highest BCUT2D eigenvalue weighted by Gasteiger charge is 2.26. The Kier molecular flexibility index (Phi) is 1.63. The van der Waals surface area contributed by atoms with Crippen molar-refractivity contribution in [2.45, 2.75) is 6.04 Å². The van der Waals surface area contributed by atoms with Crippen molar-refractivity contribution < 1.29 is 9.84 Å². The fraction of sp³-hybridized carbons (Fsp3) is 0.250. The Balaban J connectivity index is 2.64. The van der Waals surface area contributed by atoms with Gasteiger partial charge in [0.15, 0.2) is 11.5 Å². The van der Waals surface area contributed by atoms with Crippen molar-refractivity contribution in [2.24, 2.45) is 5.73 Å². The molecule has 0 saturated heterocycles. The molecule has 1 aromatic carbocycles. The van der Waals surface area contributed by atoms with E-state index < -0.39 is 0 Å². The van der Waals surface area contributed by atoms with Gasteiger partial charge in [0.25, 0.3) is 0 Å². The molecule has 4 heteroatoms. The molecule has 0 spiro atoms. The van der Waals surface area contributed by atoms with Gasteiger partial charge in [-0.2, -0.15) is 0 Å². The number of hydrogen-bond acceptors (Lipinski definition) is 3. The third-order valence-electron chi connectivity index (χ3n) is 1.90. The van der Waals surface area contributed by atoms with Gasteiger partial charge in [0.1, 0.15) is 6.61 Å².